The number of benzene rings is 1. The second-order valence-corrected chi connectivity index (χ2v) is 6.29. The summed E-state index contributed by atoms with van der Waals surface area (Å²) < 4.78 is 27.6. The molecule has 1 fully saturated rings. The standard InChI is InChI=1S/C15H17F2NS/c1-2-5-18-8-14-15(9-3-4-9)10-6-11(16)12(17)7-13(10)19-14/h6-7,9,18H,2-5,8H2,1H3. The van der Waals surface area contributed by atoms with Crippen LogP contribution in [0.25, 0.3) is 10.1 Å². The maximum Gasteiger partial charge on any atom is 0.160 e. The van der Waals surface area contributed by atoms with E-state index < -0.39 is 11.6 Å². The van der Waals surface area contributed by atoms with Gasteiger partial charge in [-0.2, -0.15) is 0 Å². The van der Waals surface area contributed by atoms with Crippen LogP contribution < -0.4 is 5.32 Å². The lowest BCUT2D eigenvalue weighted by atomic mass is 10.1. The van der Waals surface area contributed by atoms with Crippen molar-refractivity contribution in [1.82, 2.24) is 5.32 Å². The van der Waals surface area contributed by atoms with Crippen LogP contribution in [0.3, 0.4) is 0 Å². The number of nitrogens with one attached hydrogen (secondary N) is 1. The van der Waals surface area contributed by atoms with Gasteiger partial charge in [-0.1, -0.05) is 6.92 Å². The summed E-state index contributed by atoms with van der Waals surface area (Å²) in [5.41, 5.74) is 1.25. The fourth-order valence-electron chi connectivity index (χ4n) is 2.49. The van der Waals surface area contributed by atoms with Crippen molar-refractivity contribution < 1.29 is 8.78 Å². The zero-order valence-corrected chi connectivity index (χ0v) is 11.7. The van der Waals surface area contributed by atoms with Crippen molar-refractivity contribution >= 4 is 21.4 Å². The Bertz CT molecular complexity index is 602. The van der Waals surface area contributed by atoms with Crippen molar-refractivity contribution in [2.75, 3.05) is 6.54 Å². The molecule has 19 heavy (non-hydrogen) atoms. The molecule has 2 aromatic rings. The first-order chi connectivity index (χ1) is 9.20. The van der Waals surface area contributed by atoms with Crippen LogP contribution in [-0.4, -0.2) is 6.54 Å². The summed E-state index contributed by atoms with van der Waals surface area (Å²) in [7, 11) is 0. The van der Waals surface area contributed by atoms with Gasteiger partial charge in [0, 0.05) is 16.1 Å². The molecule has 0 amide bonds. The molecule has 1 aliphatic carbocycles. The third-order valence-corrected chi connectivity index (χ3v) is 4.71. The molecule has 1 aromatic heterocycles. The summed E-state index contributed by atoms with van der Waals surface area (Å²) in [6.07, 6.45) is 3.43. The lowest BCUT2D eigenvalue weighted by Crippen LogP contribution is -2.13. The van der Waals surface area contributed by atoms with Crippen LogP contribution in [0, 0.1) is 11.6 Å². The van der Waals surface area contributed by atoms with Gasteiger partial charge in [-0.25, -0.2) is 8.78 Å². The van der Waals surface area contributed by atoms with Gasteiger partial charge in [-0.05, 0) is 54.8 Å². The van der Waals surface area contributed by atoms with Gasteiger partial charge in [-0.3, -0.25) is 0 Å². The number of rotatable bonds is 5. The van der Waals surface area contributed by atoms with Crippen molar-refractivity contribution in [3.05, 3.63) is 34.2 Å². The first-order valence-electron chi connectivity index (χ1n) is 6.81. The van der Waals surface area contributed by atoms with Crippen molar-refractivity contribution in [3.63, 3.8) is 0 Å². The number of hydrogen-bond acceptors (Lipinski definition) is 2. The first kappa shape index (κ1) is 13.0. The van der Waals surface area contributed by atoms with Gasteiger partial charge in [0.05, 0.1) is 0 Å². The van der Waals surface area contributed by atoms with E-state index in [9.17, 15) is 8.78 Å². The highest BCUT2D eigenvalue weighted by Gasteiger charge is 2.30. The minimum atomic E-state index is -0.746. The highest BCUT2D eigenvalue weighted by molar-refractivity contribution is 7.19. The fraction of sp³-hybridized carbons (Fsp3) is 0.467. The van der Waals surface area contributed by atoms with Crippen molar-refractivity contribution in [2.45, 2.75) is 38.6 Å². The molecular weight excluding hydrogens is 264 g/mol. The summed E-state index contributed by atoms with van der Waals surface area (Å²) in [5.74, 6) is -0.929. The maximum absolute atomic E-state index is 13.4. The summed E-state index contributed by atoms with van der Waals surface area (Å²) in [4.78, 5) is 1.25. The normalized spacial score (nSPS) is 15.3. The Morgan fingerprint density at radius 1 is 1.26 bits per heavy atom. The van der Waals surface area contributed by atoms with Crippen LogP contribution >= 0.6 is 11.3 Å². The Labute approximate surface area is 115 Å². The van der Waals surface area contributed by atoms with Crippen LogP contribution in [0.15, 0.2) is 12.1 Å². The molecule has 0 spiro atoms. The van der Waals surface area contributed by atoms with Gasteiger partial charge in [0.1, 0.15) is 0 Å². The largest absolute Gasteiger partial charge is 0.312 e. The molecule has 1 heterocycles. The van der Waals surface area contributed by atoms with Crippen LogP contribution in [-0.2, 0) is 6.54 Å². The summed E-state index contributed by atoms with van der Waals surface area (Å²) in [5, 5.41) is 4.30. The molecule has 0 radical (unpaired) electrons. The number of hydrogen-bond donors (Lipinski definition) is 1. The van der Waals surface area contributed by atoms with E-state index in [1.807, 2.05) is 0 Å². The van der Waals surface area contributed by atoms with Gasteiger partial charge < -0.3 is 5.32 Å². The molecule has 4 heteroatoms. The molecule has 0 unspecified atom stereocenters. The van der Waals surface area contributed by atoms with Gasteiger partial charge >= 0.3 is 0 Å². The SMILES string of the molecule is CCCNCc1sc2cc(F)c(F)cc2c1C1CC1. The molecule has 0 aliphatic heterocycles. The van der Waals surface area contributed by atoms with E-state index >= 15 is 0 Å². The van der Waals surface area contributed by atoms with Crippen LogP contribution in [0.5, 0.6) is 0 Å². The molecule has 3 rings (SSSR count). The van der Waals surface area contributed by atoms with Crippen molar-refractivity contribution in [2.24, 2.45) is 0 Å². The molecule has 1 N–H and O–H groups in total. The summed E-state index contributed by atoms with van der Waals surface area (Å²) in [6.45, 7) is 3.91. The van der Waals surface area contributed by atoms with Crippen LogP contribution in [0.4, 0.5) is 8.78 Å². The average molecular weight is 281 g/mol. The first-order valence-corrected chi connectivity index (χ1v) is 7.63. The van der Waals surface area contributed by atoms with Crippen LogP contribution in [0.1, 0.15) is 42.5 Å². The molecule has 1 saturated carbocycles. The van der Waals surface area contributed by atoms with Crippen LogP contribution in [0.2, 0.25) is 0 Å². The van der Waals surface area contributed by atoms with Crippen molar-refractivity contribution in [1.29, 1.82) is 0 Å². The molecule has 1 aromatic carbocycles. The van der Waals surface area contributed by atoms with Gasteiger partial charge in [0.2, 0.25) is 0 Å². The molecule has 0 saturated heterocycles. The number of halogens is 2. The smallest absolute Gasteiger partial charge is 0.160 e. The third-order valence-electron chi connectivity index (χ3n) is 3.54. The zero-order chi connectivity index (χ0) is 13.4. The van der Waals surface area contributed by atoms with Gasteiger partial charge in [0.25, 0.3) is 0 Å². The highest BCUT2D eigenvalue weighted by atomic mass is 32.1. The minimum absolute atomic E-state index is 0.553. The lowest BCUT2D eigenvalue weighted by molar-refractivity contribution is 0.511. The number of fused-ring (bicyclic) bond motifs is 1. The second kappa shape index (κ2) is 5.17. The lowest BCUT2D eigenvalue weighted by Gasteiger charge is -2.04. The van der Waals surface area contributed by atoms with E-state index in [0.29, 0.717) is 5.92 Å². The second-order valence-electron chi connectivity index (χ2n) is 5.15. The summed E-state index contributed by atoms with van der Waals surface area (Å²) >= 11 is 1.60. The Morgan fingerprint density at radius 3 is 2.68 bits per heavy atom. The van der Waals surface area contributed by atoms with E-state index in [2.05, 4.69) is 12.2 Å². The quantitative estimate of drug-likeness (QED) is 0.792. The topological polar surface area (TPSA) is 12.0 Å². The van der Waals surface area contributed by atoms with E-state index in [1.54, 1.807) is 11.3 Å². The maximum atomic E-state index is 13.4. The molecule has 1 nitrogen and oxygen atoms in total. The Hall–Kier alpha value is -1.00. The Kier molecular flexibility index (Phi) is 3.54. The minimum Gasteiger partial charge on any atom is -0.312 e. The molecular formula is C15H17F2NS. The van der Waals surface area contributed by atoms with Crippen molar-refractivity contribution in [3.8, 4) is 0 Å². The molecule has 102 valence electrons. The summed E-state index contributed by atoms with van der Waals surface area (Å²) in [6, 6.07) is 2.71. The van der Waals surface area contributed by atoms with E-state index in [4.69, 9.17) is 0 Å². The van der Waals surface area contributed by atoms with E-state index in [-0.39, 0.29) is 0 Å². The van der Waals surface area contributed by atoms with E-state index in [1.165, 1.54) is 35.4 Å². The van der Waals surface area contributed by atoms with Gasteiger partial charge in [0.15, 0.2) is 11.6 Å². The van der Waals surface area contributed by atoms with E-state index in [0.717, 1.165) is 29.6 Å². The van der Waals surface area contributed by atoms with Gasteiger partial charge in [-0.15, -0.1) is 11.3 Å². The monoisotopic (exact) mass is 281 g/mol. The number of thiophene rings is 1. The third kappa shape index (κ3) is 2.51. The molecule has 1 aliphatic rings. The molecule has 0 bridgehead atoms. The average Bonchev–Trinajstić information content (AvgIpc) is 3.15. The Morgan fingerprint density at radius 2 is 2.00 bits per heavy atom. The predicted octanol–water partition coefficient (Wildman–Crippen LogP) is 4.56. The fourth-order valence-corrected chi connectivity index (χ4v) is 3.76. The highest BCUT2D eigenvalue weighted by Crippen LogP contribution is 2.48. The Balaban J connectivity index is 2.02. The molecule has 0 atom stereocenters. The predicted molar refractivity (Wildman–Crippen MR) is 75.7 cm³/mol. The zero-order valence-electron chi connectivity index (χ0n) is 10.9.